The molecule has 6 nitrogen and oxygen atoms in total. The molecule has 2 aromatic rings. The maximum Gasteiger partial charge on any atom is 0.216 e. The number of methoxy groups -OCH3 is 1. The number of nitrogens with zero attached hydrogens (tertiary/aromatic N) is 4. The van der Waals surface area contributed by atoms with Gasteiger partial charge in [0.15, 0.2) is 0 Å². The molecule has 2 rings (SSSR count). The van der Waals surface area contributed by atoms with E-state index in [2.05, 4.69) is 15.1 Å². The monoisotopic (exact) mass is 219 g/mol. The van der Waals surface area contributed by atoms with E-state index in [0.29, 0.717) is 11.6 Å². The molecule has 0 spiro atoms. The Morgan fingerprint density at radius 1 is 1.44 bits per heavy atom. The summed E-state index contributed by atoms with van der Waals surface area (Å²) in [4.78, 5) is 8.05. The lowest BCUT2D eigenvalue weighted by molar-refractivity contribution is 0.395. The Labute approximate surface area is 93.1 Å². The third-order valence-corrected chi connectivity index (χ3v) is 2.27. The number of hydrogen-bond acceptors (Lipinski definition) is 5. The summed E-state index contributed by atoms with van der Waals surface area (Å²) in [6, 6.07) is 1.41. The van der Waals surface area contributed by atoms with Crippen LogP contribution in [0.2, 0.25) is 0 Å². The topological polar surface area (TPSA) is 78.9 Å². The number of hydrogen-bond donors (Lipinski definition) is 1. The van der Waals surface area contributed by atoms with E-state index < -0.39 is 0 Å². The first kappa shape index (κ1) is 10.6. The highest BCUT2D eigenvalue weighted by Crippen LogP contribution is 2.18. The Kier molecular flexibility index (Phi) is 2.82. The Morgan fingerprint density at radius 3 is 2.88 bits per heavy atom. The molecule has 0 aliphatic heterocycles. The number of rotatable bonds is 3. The summed E-state index contributed by atoms with van der Waals surface area (Å²) in [5, 5.41) is 4.07. The van der Waals surface area contributed by atoms with Crippen molar-refractivity contribution in [2.24, 2.45) is 12.8 Å². The standard InChI is InChI=1S/C10H13N5O/c1-15-5-7(4-14-15)10(11)8-3-9(16-2)13-6-12-8/h3-6,10H,11H2,1-2H3. The number of aromatic nitrogens is 4. The van der Waals surface area contributed by atoms with Crippen LogP contribution < -0.4 is 10.5 Å². The predicted molar refractivity (Wildman–Crippen MR) is 57.8 cm³/mol. The van der Waals surface area contributed by atoms with Crippen LogP contribution in [0.25, 0.3) is 0 Å². The highest BCUT2D eigenvalue weighted by Gasteiger charge is 2.13. The van der Waals surface area contributed by atoms with Gasteiger partial charge < -0.3 is 10.5 Å². The summed E-state index contributed by atoms with van der Waals surface area (Å²) in [5.74, 6) is 0.504. The van der Waals surface area contributed by atoms with Gasteiger partial charge in [-0.05, 0) is 0 Å². The van der Waals surface area contributed by atoms with Crippen LogP contribution >= 0.6 is 0 Å². The molecular formula is C10H13N5O. The van der Waals surface area contributed by atoms with Crippen molar-refractivity contribution in [2.75, 3.05) is 7.11 Å². The lowest BCUT2D eigenvalue weighted by atomic mass is 10.1. The molecule has 1 unspecified atom stereocenters. The second-order valence-corrected chi connectivity index (χ2v) is 3.41. The van der Waals surface area contributed by atoms with Crippen LogP contribution in [0.4, 0.5) is 0 Å². The molecule has 2 N–H and O–H groups in total. The van der Waals surface area contributed by atoms with Crippen molar-refractivity contribution in [3.8, 4) is 5.88 Å². The Balaban J connectivity index is 2.29. The van der Waals surface area contributed by atoms with Gasteiger partial charge in [0.2, 0.25) is 5.88 Å². The first-order chi connectivity index (χ1) is 7.70. The molecule has 1 atom stereocenters. The van der Waals surface area contributed by atoms with Crippen LogP contribution in [0, 0.1) is 0 Å². The zero-order valence-electron chi connectivity index (χ0n) is 9.16. The quantitative estimate of drug-likeness (QED) is 0.801. The zero-order chi connectivity index (χ0) is 11.5. The summed E-state index contributed by atoms with van der Waals surface area (Å²) >= 11 is 0. The van der Waals surface area contributed by atoms with Gasteiger partial charge in [0.25, 0.3) is 0 Å². The van der Waals surface area contributed by atoms with E-state index in [-0.39, 0.29) is 6.04 Å². The summed E-state index contributed by atoms with van der Waals surface area (Å²) < 4.78 is 6.72. The van der Waals surface area contributed by atoms with Crippen LogP contribution in [0.5, 0.6) is 5.88 Å². The minimum absolute atomic E-state index is 0.314. The van der Waals surface area contributed by atoms with Gasteiger partial charge in [-0.15, -0.1) is 0 Å². The molecule has 0 saturated carbocycles. The summed E-state index contributed by atoms with van der Waals surface area (Å²) in [6.45, 7) is 0. The highest BCUT2D eigenvalue weighted by molar-refractivity contribution is 5.25. The van der Waals surface area contributed by atoms with E-state index in [0.717, 1.165) is 5.56 Å². The van der Waals surface area contributed by atoms with Crippen LogP contribution in [-0.2, 0) is 7.05 Å². The molecule has 0 amide bonds. The molecule has 2 heterocycles. The fourth-order valence-electron chi connectivity index (χ4n) is 1.41. The van der Waals surface area contributed by atoms with E-state index in [1.165, 1.54) is 6.33 Å². The molecule has 0 fully saturated rings. The average molecular weight is 219 g/mol. The van der Waals surface area contributed by atoms with Gasteiger partial charge in [-0.2, -0.15) is 5.10 Å². The van der Waals surface area contributed by atoms with E-state index in [1.54, 1.807) is 24.1 Å². The maximum absolute atomic E-state index is 6.05. The van der Waals surface area contributed by atoms with Crippen molar-refractivity contribution in [1.82, 2.24) is 19.7 Å². The third-order valence-electron chi connectivity index (χ3n) is 2.27. The van der Waals surface area contributed by atoms with Gasteiger partial charge >= 0.3 is 0 Å². The largest absolute Gasteiger partial charge is 0.481 e. The summed E-state index contributed by atoms with van der Waals surface area (Å²) in [7, 11) is 3.40. The van der Waals surface area contributed by atoms with Crippen LogP contribution in [0.1, 0.15) is 17.3 Å². The second kappa shape index (κ2) is 4.28. The van der Waals surface area contributed by atoms with Gasteiger partial charge in [-0.3, -0.25) is 4.68 Å². The molecule has 0 saturated heterocycles. The normalized spacial score (nSPS) is 12.4. The van der Waals surface area contributed by atoms with Gasteiger partial charge in [0.1, 0.15) is 6.33 Å². The molecule has 0 bridgehead atoms. The van der Waals surface area contributed by atoms with Crippen LogP contribution in [0.15, 0.2) is 24.8 Å². The molecule has 84 valence electrons. The fourth-order valence-corrected chi connectivity index (χ4v) is 1.41. The predicted octanol–water partition coefficient (Wildman–Crippen LogP) is 0.267. The van der Waals surface area contributed by atoms with Gasteiger partial charge in [0.05, 0.1) is 25.0 Å². The number of nitrogens with two attached hydrogens (primary N) is 1. The Morgan fingerprint density at radius 2 is 2.25 bits per heavy atom. The molecule has 0 aliphatic carbocycles. The van der Waals surface area contributed by atoms with Gasteiger partial charge in [-0.25, -0.2) is 9.97 Å². The minimum atomic E-state index is -0.314. The lowest BCUT2D eigenvalue weighted by Crippen LogP contribution is -2.13. The molecule has 16 heavy (non-hydrogen) atoms. The van der Waals surface area contributed by atoms with Crippen molar-refractivity contribution in [3.63, 3.8) is 0 Å². The van der Waals surface area contributed by atoms with Gasteiger partial charge in [0, 0.05) is 24.9 Å². The number of aryl methyl sites for hydroxylation is 1. The SMILES string of the molecule is COc1cc(C(N)c2cnn(C)c2)ncn1. The van der Waals surface area contributed by atoms with Crippen molar-refractivity contribution < 1.29 is 4.74 Å². The third kappa shape index (κ3) is 2.01. The van der Waals surface area contributed by atoms with Crippen LogP contribution in [0.3, 0.4) is 0 Å². The molecule has 0 radical (unpaired) electrons. The smallest absolute Gasteiger partial charge is 0.216 e. The number of ether oxygens (including phenoxy) is 1. The second-order valence-electron chi connectivity index (χ2n) is 3.41. The van der Waals surface area contributed by atoms with Crippen LogP contribution in [-0.4, -0.2) is 26.9 Å². The Bertz CT molecular complexity index is 482. The first-order valence-electron chi connectivity index (χ1n) is 4.80. The van der Waals surface area contributed by atoms with Crippen molar-refractivity contribution >= 4 is 0 Å². The van der Waals surface area contributed by atoms with Gasteiger partial charge in [-0.1, -0.05) is 0 Å². The molecule has 0 aliphatic rings. The van der Waals surface area contributed by atoms with E-state index >= 15 is 0 Å². The van der Waals surface area contributed by atoms with Crippen molar-refractivity contribution in [2.45, 2.75) is 6.04 Å². The van der Waals surface area contributed by atoms with E-state index in [9.17, 15) is 0 Å². The average Bonchev–Trinajstić information content (AvgIpc) is 2.75. The van der Waals surface area contributed by atoms with E-state index in [4.69, 9.17) is 10.5 Å². The fraction of sp³-hybridized carbons (Fsp3) is 0.300. The summed E-state index contributed by atoms with van der Waals surface area (Å²) in [5.41, 5.74) is 7.67. The summed E-state index contributed by atoms with van der Waals surface area (Å²) in [6.07, 6.45) is 5.02. The maximum atomic E-state index is 6.05. The van der Waals surface area contributed by atoms with Crippen molar-refractivity contribution in [3.05, 3.63) is 36.0 Å². The highest BCUT2D eigenvalue weighted by atomic mass is 16.5. The minimum Gasteiger partial charge on any atom is -0.481 e. The van der Waals surface area contributed by atoms with E-state index in [1.807, 2.05) is 13.2 Å². The molecular weight excluding hydrogens is 206 g/mol. The molecule has 6 heteroatoms. The van der Waals surface area contributed by atoms with Crippen molar-refractivity contribution in [1.29, 1.82) is 0 Å². The molecule has 2 aromatic heterocycles. The zero-order valence-corrected chi connectivity index (χ0v) is 9.16. The first-order valence-corrected chi connectivity index (χ1v) is 4.80. The Hall–Kier alpha value is -1.95. The lowest BCUT2D eigenvalue weighted by Gasteiger charge is -2.09. The molecule has 0 aromatic carbocycles.